The highest BCUT2D eigenvalue weighted by Gasteiger charge is 2.13. The molecule has 0 aromatic heterocycles. The van der Waals surface area contributed by atoms with Crippen LogP contribution < -0.4 is 15.8 Å². The van der Waals surface area contributed by atoms with E-state index in [4.69, 9.17) is 10.5 Å². The van der Waals surface area contributed by atoms with Gasteiger partial charge in [0.25, 0.3) is 11.8 Å². The molecule has 5 nitrogen and oxygen atoms in total. The minimum Gasteiger partial charge on any atom is -0.483 e. The van der Waals surface area contributed by atoms with Gasteiger partial charge in [0, 0.05) is 5.69 Å². The molecule has 2 aromatic rings. The molecule has 2 amide bonds. The number of nitrogens with two attached hydrogens (primary N) is 1. The lowest BCUT2D eigenvalue weighted by Gasteiger charge is -2.11. The molecule has 0 radical (unpaired) electrons. The van der Waals surface area contributed by atoms with Crippen LogP contribution in [-0.2, 0) is 11.2 Å². The minimum atomic E-state index is -0.592. The zero-order valence-electron chi connectivity index (χ0n) is 12.3. The third-order valence-corrected chi connectivity index (χ3v) is 3.12. The number of carbonyl (C=O) groups excluding carboxylic acids is 2. The SMILES string of the molecule is CCc1ccc(NC(=O)c2ccccc2OCC(N)=O)cc1. The molecule has 114 valence electrons. The Morgan fingerprint density at radius 3 is 2.41 bits per heavy atom. The molecule has 0 aliphatic carbocycles. The number of primary amides is 1. The monoisotopic (exact) mass is 298 g/mol. The number of rotatable bonds is 6. The summed E-state index contributed by atoms with van der Waals surface area (Å²) >= 11 is 0. The van der Waals surface area contributed by atoms with Gasteiger partial charge in [0.05, 0.1) is 5.56 Å². The van der Waals surface area contributed by atoms with Crippen LogP contribution in [0.1, 0.15) is 22.8 Å². The Kier molecular flexibility index (Phi) is 5.14. The highest BCUT2D eigenvalue weighted by molar-refractivity contribution is 6.06. The number of anilines is 1. The van der Waals surface area contributed by atoms with Gasteiger partial charge in [-0.3, -0.25) is 9.59 Å². The first kappa shape index (κ1) is 15.6. The molecule has 5 heteroatoms. The van der Waals surface area contributed by atoms with Crippen molar-refractivity contribution in [3.8, 4) is 5.75 Å². The maximum atomic E-state index is 12.3. The van der Waals surface area contributed by atoms with Crippen LogP contribution in [0.5, 0.6) is 5.75 Å². The van der Waals surface area contributed by atoms with Crippen LogP contribution >= 0.6 is 0 Å². The second-order valence-electron chi connectivity index (χ2n) is 4.76. The zero-order valence-corrected chi connectivity index (χ0v) is 12.3. The van der Waals surface area contributed by atoms with Crippen molar-refractivity contribution in [2.24, 2.45) is 5.73 Å². The molecule has 0 aliphatic heterocycles. The summed E-state index contributed by atoms with van der Waals surface area (Å²) in [6, 6.07) is 14.3. The number of hydrogen-bond acceptors (Lipinski definition) is 3. The Hall–Kier alpha value is -2.82. The van der Waals surface area contributed by atoms with Gasteiger partial charge < -0.3 is 15.8 Å². The predicted octanol–water partition coefficient (Wildman–Crippen LogP) is 2.37. The zero-order chi connectivity index (χ0) is 15.9. The molecular formula is C17H18N2O3. The van der Waals surface area contributed by atoms with Crippen molar-refractivity contribution in [2.75, 3.05) is 11.9 Å². The summed E-state index contributed by atoms with van der Waals surface area (Å²) in [6.45, 7) is 1.80. The topological polar surface area (TPSA) is 81.4 Å². The van der Waals surface area contributed by atoms with Gasteiger partial charge in [-0.15, -0.1) is 0 Å². The average molecular weight is 298 g/mol. The second kappa shape index (κ2) is 7.26. The summed E-state index contributed by atoms with van der Waals surface area (Å²) in [7, 11) is 0. The van der Waals surface area contributed by atoms with Crippen LogP contribution in [0.15, 0.2) is 48.5 Å². The minimum absolute atomic E-state index is 0.268. The number of carbonyl (C=O) groups is 2. The van der Waals surface area contributed by atoms with E-state index in [1.165, 1.54) is 5.56 Å². The first-order valence-corrected chi connectivity index (χ1v) is 7.00. The Morgan fingerprint density at radius 1 is 1.09 bits per heavy atom. The Bertz CT molecular complexity index is 666. The van der Waals surface area contributed by atoms with Gasteiger partial charge in [0.15, 0.2) is 6.61 Å². The van der Waals surface area contributed by atoms with E-state index >= 15 is 0 Å². The van der Waals surface area contributed by atoms with E-state index in [1.54, 1.807) is 24.3 Å². The fourth-order valence-electron chi connectivity index (χ4n) is 1.95. The van der Waals surface area contributed by atoms with Crippen LogP contribution in [0.4, 0.5) is 5.69 Å². The molecule has 0 spiro atoms. The largest absolute Gasteiger partial charge is 0.483 e. The normalized spacial score (nSPS) is 10.0. The Labute approximate surface area is 129 Å². The lowest BCUT2D eigenvalue weighted by Crippen LogP contribution is -2.21. The summed E-state index contributed by atoms with van der Waals surface area (Å²) in [5.74, 6) is -0.571. The first-order valence-electron chi connectivity index (χ1n) is 7.00. The third kappa shape index (κ3) is 4.09. The number of benzene rings is 2. The molecule has 0 bridgehead atoms. The number of nitrogens with one attached hydrogen (secondary N) is 1. The van der Waals surface area contributed by atoms with E-state index in [0.717, 1.165) is 6.42 Å². The van der Waals surface area contributed by atoms with E-state index < -0.39 is 5.91 Å². The van der Waals surface area contributed by atoms with E-state index in [-0.39, 0.29) is 12.5 Å². The summed E-state index contributed by atoms with van der Waals surface area (Å²) in [4.78, 5) is 23.1. The molecule has 0 heterocycles. The van der Waals surface area contributed by atoms with Gasteiger partial charge in [-0.25, -0.2) is 0 Å². The van der Waals surface area contributed by atoms with Crippen LogP contribution in [-0.4, -0.2) is 18.4 Å². The van der Waals surface area contributed by atoms with Crippen molar-refractivity contribution < 1.29 is 14.3 Å². The number of para-hydroxylation sites is 1. The van der Waals surface area contributed by atoms with E-state index in [0.29, 0.717) is 17.0 Å². The van der Waals surface area contributed by atoms with Crippen LogP contribution in [0.25, 0.3) is 0 Å². The summed E-state index contributed by atoms with van der Waals surface area (Å²) in [5.41, 5.74) is 7.30. The standard InChI is InChI=1S/C17H18N2O3/c1-2-12-7-9-13(10-8-12)19-17(21)14-5-3-4-6-15(14)22-11-16(18)20/h3-10H,2,11H2,1H3,(H2,18,20)(H,19,21). The fourth-order valence-corrected chi connectivity index (χ4v) is 1.95. The Balaban J connectivity index is 2.12. The molecule has 3 N–H and O–H groups in total. The van der Waals surface area contributed by atoms with Crippen molar-refractivity contribution >= 4 is 17.5 Å². The smallest absolute Gasteiger partial charge is 0.259 e. The first-order chi connectivity index (χ1) is 10.6. The maximum absolute atomic E-state index is 12.3. The van der Waals surface area contributed by atoms with Gasteiger partial charge in [0.1, 0.15) is 5.75 Å². The number of ether oxygens (including phenoxy) is 1. The van der Waals surface area contributed by atoms with E-state index in [2.05, 4.69) is 12.2 Å². The number of aryl methyl sites for hydroxylation is 1. The van der Waals surface area contributed by atoms with Crippen LogP contribution in [0.3, 0.4) is 0 Å². The third-order valence-electron chi connectivity index (χ3n) is 3.12. The van der Waals surface area contributed by atoms with Crippen molar-refractivity contribution in [2.45, 2.75) is 13.3 Å². The van der Waals surface area contributed by atoms with Crippen molar-refractivity contribution in [3.63, 3.8) is 0 Å². The van der Waals surface area contributed by atoms with Gasteiger partial charge in [-0.05, 0) is 36.2 Å². The lowest BCUT2D eigenvalue weighted by molar-refractivity contribution is -0.119. The highest BCUT2D eigenvalue weighted by Crippen LogP contribution is 2.20. The summed E-state index contributed by atoms with van der Waals surface area (Å²) in [6.07, 6.45) is 0.942. The molecule has 0 saturated carbocycles. The highest BCUT2D eigenvalue weighted by atomic mass is 16.5. The molecule has 0 unspecified atom stereocenters. The van der Waals surface area contributed by atoms with Gasteiger partial charge in [0.2, 0.25) is 0 Å². The van der Waals surface area contributed by atoms with Crippen molar-refractivity contribution in [3.05, 3.63) is 59.7 Å². The second-order valence-corrected chi connectivity index (χ2v) is 4.76. The predicted molar refractivity (Wildman–Crippen MR) is 84.9 cm³/mol. The molecule has 2 rings (SSSR count). The number of hydrogen-bond donors (Lipinski definition) is 2. The van der Waals surface area contributed by atoms with Crippen LogP contribution in [0, 0.1) is 0 Å². The van der Waals surface area contributed by atoms with Crippen molar-refractivity contribution in [1.82, 2.24) is 0 Å². The molecule has 22 heavy (non-hydrogen) atoms. The van der Waals surface area contributed by atoms with Gasteiger partial charge in [-0.2, -0.15) is 0 Å². The molecular weight excluding hydrogens is 280 g/mol. The average Bonchev–Trinajstić information content (AvgIpc) is 2.54. The molecule has 0 saturated heterocycles. The molecule has 0 fully saturated rings. The van der Waals surface area contributed by atoms with E-state index in [9.17, 15) is 9.59 Å². The number of amides is 2. The summed E-state index contributed by atoms with van der Waals surface area (Å²) < 4.78 is 5.26. The lowest BCUT2D eigenvalue weighted by atomic mass is 10.1. The Morgan fingerprint density at radius 2 is 1.77 bits per heavy atom. The fraction of sp³-hybridized carbons (Fsp3) is 0.176. The van der Waals surface area contributed by atoms with Crippen molar-refractivity contribution in [1.29, 1.82) is 0 Å². The maximum Gasteiger partial charge on any atom is 0.259 e. The molecule has 2 aromatic carbocycles. The quantitative estimate of drug-likeness (QED) is 0.859. The molecule has 0 aliphatic rings. The van der Waals surface area contributed by atoms with E-state index in [1.807, 2.05) is 24.3 Å². The molecule has 0 atom stereocenters. The van der Waals surface area contributed by atoms with Gasteiger partial charge in [-0.1, -0.05) is 31.2 Å². The van der Waals surface area contributed by atoms with Crippen LogP contribution in [0.2, 0.25) is 0 Å². The summed E-state index contributed by atoms with van der Waals surface area (Å²) in [5, 5.41) is 2.80. The van der Waals surface area contributed by atoms with Gasteiger partial charge >= 0.3 is 0 Å².